The Balaban J connectivity index is 2.64. The van der Waals surface area contributed by atoms with E-state index in [1.165, 1.54) is 54.7 Å². The molecule has 0 saturated heterocycles. The van der Waals surface area contributed by atoms with Gasteiger partial charge in [0.05, 0.1) is 16.1 Å². The van der Waals surface area contributed by atoms with Crippen molar-refractivity contribution < 1.29 is 0 Å². The lowest BCUT2D eigenvalue weighted by atomic mass is 9.76. The minimum atomic E-state index is -1.83. The highest BCUT2D eigenvalue weighted by molar-refractivity contribution is 7.30. The lowest BCUT2D eigenvalue weighted by molar-refractivity contribution is 0.567. The minimum absolute atomic E-state index is 0.0407. The predicted octanol–water partition coefficient (Wildman–Crippen LogP) is 12.2. The Morgan fingerprint density at radius 3 is 0.810 bits per heavy atom. The van der Waals surface area contributed by atoms with E-state index >= 15 is 0 Å². The molecule has 0 unspecified atom stereocenters. The highest BCUT2D eigenvalue weighted by atomic mass is 35.5. The average molecular weight is 619 g/mol. The average Bonchev–Trinajstić information content (AvgIpc) is 3.10. The molecule has 1 aliphatic rings. The number of hydrogen-bond acceptors (Lipinski definition) is 0. The van der Waals surface area contributed by atoms with Crippen LogP contribution < -0.4 is 0 Å². The molecule has 0 radical (unpaired) electrons. The number of benzene rings is 2. The maximum Gasteiger partial charge on any atom is 0.300 e. The summed E-state index contributed by atoms with van der Waals surface area (Å²) in [6.07, 6.45) is -0.0407. The van der Waals surface area contributed by atoms with Crippen molar-refractivity contribution in [3.63, 3.8) is 0 Å². The number of hydrogen-bond donors (Lipinski definition) is 0. The van der Waals surface area contributed by atoms with Gasteiger partial charge in [-0.15, -0.1) is 0 Å². The molecule has 2 aromatic rings. The van der Waals surface area contributed by atoms with Crippen LogP contribution in [-0.2, 0) is 21.7 Å². The highest BCUT2D eigenvalue weighted by Crippen LogP contribution is 2.52. The van der Waals surface area contributed by atoms with Crippen molar-refractivity contribution in [1.82, 2.24) is 0 Å². The van der Waals surface area contributed by atoms with Crippen LogP contribution in [0, 0.1) is 0 Å². The molecular formula is C38H60BClSi2. The second-order valence-electron chi connectivity index (χ2n) is 19.0. The summed E-state index contributed by atoms with van der Waals surface area (Å²) in [5.74, 6) is 0. The van der Waals surface area contributed by atoms with Crippen molar-refractivity contribution >= 4 is 44.9 Å². The molecule has 0 fully saturated rings. The maximum atomic E-state index is 7.78. The zero-order chi connectivity index (χ0) is 32.6. The van der Waals surface area contributed by atoms with Crippen LogP contribution in [0.25, 0.3) is 11.1 Å². The predicted molar refractivity (Wildman–Crippen MR) is 200 cm³/mol. The fourth-order valence-electron chi connectivity index (χ4n) is 6.05. The summed E-state index contributed by atoms with van der Waals surface area (Å²) in [5, 5.41) is 3.03. The summed E-state index contributed by atoms with van der Waals surface area (Å²) < 4.78 is 0. The van der Waals surface area contributed by atoms with E-state index in [-0.39, 0.29) is 27.8 Å². The number of allylic oxidation sites excluding steroid dienone is 2. The zero-order valence-electron chi connectivity index (χ0n) is 30.4. The molecule has 42 heavy (non-hydrogen) atoms. The normalized spacial score (nSPS) is 16.2. The van der Waals surface area contributed by atoms with Crippen LogP contribution in [-0.4, -0.2) is 22.3 Å². The van der Waals surface area contributed by atoms with Crippen molar-refractivity contribution in [2.24, 2.45) is 0 Å². The Morgan fingerprint density at radius 2 is 0.643 bits per heavy atom. The van der Waals surface area contributed by atoms with Gasteiger partial charge in [0.1, 0.15) is 0 Å². The van der Waals surface area contributed by atoms with Crippen LogP contribution in [0.4, 0.5) is 0 Å². The third kappa shape index (κ3) is 7.32. The molecule has 0 saturated carbocycles. The summed E-state index contributed by atoms with van der Waals surface area (Å²) in [6.45, 7) is 43.1. The van der Waals surface area contributed by atoms with Gasteiger partial charge in [0.25, 0.3) is 0 Å². The SMILES string of the molecule is CC(C)(C)c1cc(C2=C([Si](C)(C)C)B(Cl)C([Si](C)(C)C)=C2c2cc(C(C)(C)C)cc(C(C)(C)C)c2)cc(C(C)(C)C)c1. The van der Waals surface area contributed by atoms with E-state index in [1.54, 1.807) is 0 Å². The molecule has 0 spiro atoms. The fraction of sp³-hybridized carbons (Fsp3) is 0.579. The van der Waals surface area contributed by atoms with Crippen LogP contribution >= 0.6 is 11.5 Å². The van der Waals surface area contributed by atoms with Crippen LogP contribution in [0.2, 0.25) is 39.3 Å². The minimum Gasteiger partial charge on any atom is -0.183 e. The molecule has 0 N–H and O–H groups in total. The van der Waals surface area contributed by atoms with Gasteiger partial charge in [-0.25, -0.2) is 0 Å². The van der Waals surface area contributed by atoms with E-state index < -0.39 is 16.1 Å². The monoisotopic (exact) mass is 618 g/mol. The Bertz CT molecular complexity index is 1240. The van der Waals surface area contributed by atoms with E-state index in [1.807, 2.05) is 0 Å². The Labute approximate surface area is 267 Å². The van der Waals surface area contributed by atoms with Gasteiger partial charge in [-0.3, -0.25) is 0 Å². The molecule has 0 bridgehead atoms. The zero-order valence-corrected chi connectivity index (χ0v) is 33.2. The quantitative estimate of drug-likeness (QED) is 0.299. The molecule has 2 aromatic carbocycles. The molecule has 0 amide bonds. The lowest BCUT2D eigenvalue weighted by Gasteiger charge is -2.30. The third-order valence-corrected chi connectivity index (χ3v) is 13.9. The first kappa shape index (κ1) is 35.2. The van der Waals surface area contributed by atoms with Gasteiger partial charge in [-0.05, 0) is 66.2 Å². The van der Waals surface area contributed by atoms with Crippen molar-refractivity contribution in [2.75, 3.05) is 0 Å². The van der Waals surface area contributed by atoms with Crippen molar-refractivity contribution in [3.8, 4) is 0 Å². The van der Waals surface area contributed by atoms with Gasteiger partial charge >= 0.3 is 6.13 Å². The fourth-order valence-corrected chi connectivity index (χ4v) is 12.2. The molecule has 1 heterocycles. The smallest absolute Gasteiger partial charge is 0.183 e. The first-order chi connectivity index (χ1) is 18.5. The molecule has 0 nitrogen and oxygen atoms in total. The summed E-state index contributed by atoms with van der Waals surface area (Å²) in [7, 11) is -3.65. The first-order valence-corrected chi connectivity index (χ1v) is 23.4. The topological polar surface area (TPSA) is 0 Å². The lowest BCUT2D eigenvalue weighted by Crippen LogP contribution is -2.38. The van der Waals surface area contributed by atoms with Crippen molar-refractivity contribution in [2.45, 2.75) is 144 Å². The molecule has 0 aromatic heterocycles. The van der Waals surface area contributed by atoms with Crippen molar-refractivity contribution in [1.29, 1.82) is 0 Å². The third-order valence-electron chi connectivity index (χ3n) is 8.82. The highest BCUT2D eigenvalue weighted by Gasteiger charge is 2.46. The summed E-state index contributed by atoms with van der Waals surface area (Å²) in [4.78, 5) is 0. The van der Waals surface area contributed by atoms with Gasteiger partial charge in [0.2, 0.25) is 0 Å². The largest absolute Gasteiger partial charge is 0.300 e. The molecular weight excluding hydrogens is 559 g/mol. The Morgan fingerprint density at radius 1 is 0.429 bits per heavy atom. The van der Waals surface area contributed by atoms with Crippen LogP contribution in [0.3, 0.4) is 0 Å². The van der Waals surface area contributed by atoms with Gasteiger partial charge in [-0.2, -0.15) is 11.5 Å². The molecule has 0 aliphatic carbocycles. The summed E-state index contributed by atoms with van der Waals surface area (Å²) in [5.41, 5.74) is 11.4. The maximum absolute atomic E-state index is 7.78. The van der Waals surface area contributed by atoms with Crippen LogP contribution in [0.1, 0.15) is 116 Å². The van der Waals surface area contributed by atoms with E-state index in [0.717, 1.165) is 0 Å². The first-order valence-electron chi connectivity index (χ1n) is 16.0. The molecule has 3 rings (SSSR count). The molecule has 0 atom stereocenters. The van der Waals surface area contributed by atoms with Crippen LogP contribution in [0.15, 0.2) is 46.6 Å². The van der Waals surface area contributed by atoms with E-state index in [4.69, 9.17) is 11.5 Å². The Kier molecular flexibility index (Phi) is 9.18. The standard InChI is InChI=1S/C38H60BClSi2/c1-35(2,3)27-19-25(20-28(23-27)36(4,5)6)31-32(34(42(16,17)18)39(40)33(31)41(13,14)15)26-21-29(37(7,8)9)24-30(22-26)38(10,11)12/h19-24H,1-18H3. The van der Waals surface area contributed by atoms with Gasteiger partial charge in [0.15, 0.2) is 0 Å². The molecule has 230 valence electrons. The Hall–Kier alpha value is -1.29. The molecule has 1 aliphatic heterocycles. The van der Waals surface area contributed by atoms with E-state index in [0.29, 0.717) is 0 Å². The number of halogens is 1. The van der Waals surface area contributed by atoms with Gasteiger partial charge in [-0.1, -0.05) is 169 Å². The summed E-state index contributed by atoms with van der Waals surface area (Å²) >= 11 is 7.78. The van der Waals surface area contributed by atoms with Gasteiger partial charge < -0.3 is 0 Å². The van der Waals surface area contributed by atoms with Gasteiger partial charge in [0, 0.05) is 0 Å². The number of rotatable bonds is 4. The van der Waals surface area contributed by atoms with Crippen LogP contribution in [0.5, 0.6) is 0 Å². The summed E-state index contributed by atoms with van der Waals surface area (Å²) in [6, 6.07) is 14.9. The second-order valence-corrected chi connectivity index (χ2v) is 29.6. The molecule has 4 heteroatoms. The van der Waals surface area contributed by atoms with Crippen molar-refractivity contribution in [3.05, 3.63) is 80.0 Å². The van der Waals surface area contributed by atoms with E-state index in [9.17, 15) is 0 Å². The van der Waals surface area contributed by atoms with E-state index in [2.05, 4.69) is 159 Å². The second kappa shape index (κ2) is 11.0.